The van der Waals surface area contributed by atoms with Crippen LogP contribution >= 0.6 is 0 Å². The van der Waals surface area contributed by atoms with Crippen LogP contribution in [0.3, 0.4) is 0 Å². The van der Waals surface area contributed by atoms with Crippen LogP contribution in [0.2, 0.25) is 0 Å². The molecule has 2 heterocycles. The summed E-state index contributed by atoms with van der Waals surface area (Å²) in [5.74, 6) is 0.843. The van der Waals surface area contributed by atoms with Gasteiger partial charge in [0.15, 0.2) is 0 Å². The highest BCUT2D eigenvalue weighted by Gasteiger charge is 2.13. The van der Waals surface area contributed by atoms with E-state index in [-0.39, 0.29) is 0 Å². The average Bonchev–Trinajstić information content (AvgIpc) is 2.67. The quantitative estimate of drug-likeness (QED) is 0.708. The second kappa shape index (κ2) is 7.10. The van der Waals surface area contributed by atoms with Gasteiger partial charge in [-0.25, -0.2) is 10.1 Å². The summed E-state index contributed by atoms with van der Waals surface area (Å²) in [6.45, 7) is 2.99. The van der Waals surface area contributed by atoms with Gasteiger partial charge in [0, 0.05) is 18.8 Å². The van der Waals surface area contributed by atoms with Crippen LogP contribution in [0.4, 0.5) is 11.5 Å². The third kappa shape index (κ3) is 4.16. The SMILES string of the molecule is NS(=O)(=O)Nc1ccc(-c2ccc3ncc(N4CCOCC4)nc3c2)cc1. The molecule has 0 atom stereocenters. The highest BCUT2D eigenvalue weighted by molar-refractivity contribution is 7.90. The van der Waals surface area contributed by atoms with Gasteiger partial charge in [0.05, 0.1) is 30.4 Å². The van der Waals surface area contributed by atoms with E-state index >= 15 is 0 Å². The van der Waals surface area contributed by atoms with E-state index < -0.39 is 10.2 Å². The predicted octanol–water partition coefficient (Wildman–Crippen LogP) is 1.75. The maximum absolute atomic E-state index is 11.1. The Kier molecular flexibility index (Phi) is 4.65. The smallest absolute Gasteiger partial charge is 0.296 e. The summed E-state index contributed by atoms with van der Waals surface area (Å²) in [6, 6.07) is 12.9. The molecule has 1 saturated heterocycles. The van der Waals surface area contributed by atoms with Gasteiger partial charge in [-0.2, -0.15) is 8.42 Å². The first-order valence-corrected chi connectivity index (χ1v) is 10.0. The highest BCUT2D eigenvalue weighted by Crippen LogP contribution is 2.25. The number of anilines is 2. The van der Waals surface area contributed by atoms with E-state index in [0.717, 1.165) is 41.1 Å². The van der Waals surface area contributed by atoms with Crippen LogP contribution < -0.4 is 14.8 Å². The molecule has 1 fully saturated rings. The lowest BCUT2D eigenvalue weighted by Crippen LogP contribution is -2.36. The molecular formula is C18H19N5O3S. The second-order valence-corrected chi connectivity index (χ2v) is 7.55. The number of hydrogen-bond acceptors (Lipinski definition) is 6. The van der Waals surface area contributed by atoms with Crippen molar-refractivity contribution >= 4 is 32.7 Å². The molecule has 27 heavy (non-hydrogen) atoms. The van der Waals surface area contributed by atoms with Crippen LogP contribution in [-0.4, -0.2) is 44.7 Å². The number of nitrogens with one attached hydrogen (secondary N) is 1. The number of ether oxygens (including phenoxy) is 1. The largest absolute Gasteiger partial charge is 0.378 e. The molecule has 2 aromatic carbocycles. The van der Waals surface area contributed by atoms with Crippen LogP contribution in [0, 0.1) is 0 Å². The zero-order valence-corrected chi connectivity index (χ0v) is 15.3. The van der Waals surface area contributed by atoms with E-state index in [1.165, 1.54) is 0 Å². The van der Waals surface area contributed by atoms with Gasteiger partial charge in [-0.05, 0) is 35.4 Å². The van der Waals surface area contributed by atoms with E-state index in [1.807, 2.05) is 30.3 Å². The highest BCUT2D eigenvalue weighted by atomic mass is 32.2. The third-order valence-electron chi connectivity index (χ3n) is 4.34. The number of hydrogen-bond donors (Lipinski definition) is 2. The maximum Gasteiger partial charge on any atom is 0.296 e. The fraction of sp³-hybridized carbons (Fsp3) is 0.222. The number of nitrogens with two attached hydrogens (primary N) is 1. The molecule has 0 unspecified atom stereocenters. The van der Waals surface area contributed by atoms with Crippen molar-refractivity contribution in [3.63, 3.8) is 0 Å². The molecule has 4 rings (SSSR count). The van der Waals surface area contributed by atoms with E-state index in [1.54, 1.807) is 18.3 Å². The minimum atomic E-state index is -3.78. The Labute approximate surface area is 157 Å². The molecule has 3 aromatic rings. The molecule has 0 bridgehead atoms. The first-order valence-electron chi connectivity index (χ1n) is 8.48. The molecule has 8 nitrogen and oxygen atoms in total. The van der Waals surface area contributed by atoms with Crippen molar-refractivity contribution in [2.45, 2.75) is 0 Å². The van der Waals surface area contributed by atoms with Gasteiger partial charge < -0.3 is 9.64 Å². The number of morpholine rings is 1. The Morgan fingerprint density at radius 2 is 1.70 bits per heavy atom. The monoisotopic (exact) mass is 385 g/mol. The predicted molar refractivity (Wildman–Crippen MR) is 105 cm³/mol. The van der Waals surface area contributed by atoms with Crippen LogP contribution in [0.5, 0.6) is 0 Å². The fourth-order valence-electron chi connectivity index (χ4n) is 3.02. The first kappa shape index (κ1) is 17.7. The zero-order chi connectivity index (χ0) is 18.9. The molecular weight excluding hydrogens is 366 g/mol. The summed E-state index contributed by atoms with van der Waals surface area (Å²) in [5.41, 5.74) is 3.96. The van der Waals surface area contributed by atoms with Crippen LogP contribution in [0.15, 0.2) is 48.7 Å². The Hall–Kier alpha value is -2.75. The van der Waals surface area contributed by atoms with Crippen molar-refractivity contribution in [2.24, 2.45) is 5.14 Å². The Balaban J connectivity index is 1.63. The van der Waals surface area contributed by atoms with Gasteiger partial charge >= 0.3 is 0 Å². The third-order valence-corrected chi connectivity index (χ3v) is 4.86. The molecule has 0 spiro atoms. The van der Waals surface area contributed by atoms with Crippen molar-refractivity contribution in [1.82, 2.24) is 9.97 Å². The van der Waals surface area contributed by atoms with Gasteiger partial charge in [-0.15, -0.1) is 0 Å². The number of rotatable bonds is 4. The lowest BCUT2D eigenvalue weighted by atomic mass is 10.0. The normalized spacial score (nSPS) is 15.1. The Morgan fingerprint density at radius 1 is 1.00 bits per heavy atom. The van der Waals surface area contributed by atoms with Crippen LogP contribution in [0.25, 0.3) is 22.2 Å². The maximum atomic E-state index is 11.1. The number of benzene rings is 2. The molecule has 140 valence electrons. The topological polar surface area (TPSA) is 110 Å². The van der Waals surface area contributed by atoms with Gasteiger partial charge in [0.25, 0.3) is 10.2 Å². The van der Waals surface area contributed by atoms with E-state index in [9.17, 15) is 8.42 Å². The Bertz CT molecular complexity index is 1060. The lowest BCUT2D eigenvalue weighted by molar-refractivity contribution is 0.122. The molecule has 1 aliphatic heterocycles. The summed E-state index contributed by atoms with van der Waals surface area (Å²) in [7, 11) is -3.78. The first-order chi connectivity index (χ1) is 13.0. The number of fused-ring (bicyclic) bond motifs is 1. The molecule has 0 saturated carbocycles. The van der Waals surface area contributed by atoms with Gasteiger partial charge in [-0.1, -0.05) is 18.2 Å². The summed E-state index contributed by atoms with van der Waals surface area (Å²) in [6.07, 6.45) is 1.79. The summed E-state index contributed by atoms with van der Waals surface area (Å²) < 4.78 is 29.8. The zero-order valence-electron chi connectivity index (χ0n) is 14.5. The van der Waals surface area contributed by atoms with Gasteiger partial charge in [0.2, 0.25) is 0 Å². The lowest BCUT2D eigenvalue weighted by Gasteiger charge is -2.27. The number of nitrogens with zero attached hydrogens (tertiary/aromatic N) is 3. The summed E-state index contributed by atoms with van der Waals surface area (Å²) in [5, 5.41) is 4.99. The summed E-state index contributed by atoms with van der Waals surface area (Å²) in [4.78, 5) is 11.4. The molecule has 1 aliphatic rings. The molecule has 1 aromatic heterocycles. The van der Waals surface area contributed by atoms with E-state index in [0.29, 0.717) is 18.9 Å². The van der Waals surface area contributed by atoms with Crippen LogP contribution in [0.1, 0.15) is 0 Å². The van der Waals surface area contributed by atoms with Crippen molar-refractivity contribution in [3.8, 4) is 11.1 Å². The minimum absolute atomic E-state index is 0.413. The molecule has 0 radical (unpaired) electrons. The molecule has 3 N–H and O–H groups in total. The van der Waals surface area contributed by atoms with E-state index in [4.69, 9.17) is 14.9 Å². The van der Waals surface area contributed by atoms with Gasteiger partial charge in [0.1, 0.15) is 5.82 Å². The average molecular weight is 385 g/mol. The van der Waals surface area contributed by atoms with Crippen molar-refractivity contribution in [2.75, 3.05) is 35.9 Å². The standard InChI is InChI=1S/C18H19N5O3S/c19-27(24,25)22-15-4-1-13(2-5-15)14-3-6-16-17(11-14)21-18(12-20-16)23-7-9-26-10-8-23/h1-6,11-12,22H,7-10H2,(H2,19,24,25). The van der Waals surface area contributed by atoms with Crippen molar-refractivity contribution in [1.29, 1.82) is 0 Å². The second-order valence-electron chi connectivity index (χ2n) is 6.26. The minimum Gasteiger partial charge on any atom is -0.378 e. The van der Waals surface area contributed by atoms with Gasteiger partial charge in [-0.3, -0.25) is 9.71 Å². The van der Waals surface area contributed by atoms with E-state index in [2.05, 4.69) is 14.6 Å². The molecule has 0 amide bonds. The van der Waals surface area contributed by atoms with Crippen molar-refractivity contribution < 1.29 is 13.2 Å². The Morgan fingerprint density at radius 3 is 2.41 bits per heavy atom. The fourth-order valence-corrected chi connectivity index (χ4v) is 3.49. The molecule has 9 heteroatoms. The van der Waals surface area contributed by atoms with Crippen molar-refractivity contribution in [3.05, 3.63) is 48.7 Å². The van der Waals surface area contributed by atoms with Crippen LogP contribution in [-0.2, 0) is 14.9 Å². The number of aromatic nitrogens is 2. The molecule has 0 aliphatic carbocycles. The summed E-state index contributed by atoms with van der Waals surface area (Å²) >= 11 is 0.